The Morgan fingerprint density at radius 1 is 1.03 bits per heavy atom. The van der Waals surface area contributed by atoms with E-state index in [-0.39, 0.29) is 18.2 Å². The number of pyridine rings is 1. The second-order valence-corrected chi connectivity index (χ2v) is 8.24. The molecule has 31 heavy (non-hydrogen) atoms. The lowest BCUT2D eigenvalue weighted by molar-refractivity contribution is -0.115. The monoisotopic (exact) mass is 436 g/mol. The van der Waals surface area contributed by atoms with Gasteiger partial charge in [0.15, 0.2) is 5.13 Å². The van der Waals surface area contributed by atoms with Crippen molar-refractivity contribution >= 4 is 39.8 Å². The number of piperazine rings is 1. The molecule has 2 N–H and O–H groups in total. The van der Waals surface area contributed by atoms with Gasteiger partial charge in [0, 0.05) is 37.1 Å². The number of nitrogens with one attached hydrogen (secondary N) is 2. The van der Waals surface area contributed by atoms with Gasteiger partial charge in [-0.3, -0.25) is 14.9 Å². The summed E-state index contributed by atoms with van der Waals surface area (Å²) in [5, 5.41) is 7.85. The number of rotatable bonds is 6. The number of amides is 2. The molecule has 1 aliphatic rings. The first-order valence-corrected chi connectivity index (χ1v) is 10.9. The maximum atomic E-state index is 12.4. The van der Waals surface area contributed by atoms with Crippen LogP contribution in [0.5, 0.6) is 0 Å². The van der Waals surface area contributed by atoms with E-state index in [9.17, 15) is 9.59 Å². The summed E-state index contributed by atoms with van der Waals surface area (Å²) in [6.07, 6.45) is 1.80. The molecule has 1 aromatic carbocycles. The van der Waals surface area contributed by atoms with E-state index in [0.29, 0.717) is 22.1 Å². The Morgan fingerprint density at radius 3 is 2.52 bits per heavy atom. The van der Waals surface area contributed by atoms with E-state index in [1.165, 1.54) is 11.3 Å². The third-order valence-corrected chi connectivity index (χ3v) is 5.82. The van der Waals surface area contributed by atoms with Crippen molar-refractivity contribution < 1.29 is 9.59 Å². The summed E-state index contributed by atoms with van der Waals surface area (Å²) in [5.74, 6) is 0.516. The van der Waals surface area contributed by atoms with Crippen molar-refractivity contribution in [3.8, 4) is 0 Å². The molecule has 0 atom stereocenters. The number of benzene rings is 1. The average molecular weight is 437 g/mol. The zero-order chi connectivity index (χ0) is 21.6. The van der Waals surface area contributed by atoms with Crippen LogP contribution in [0.3, 0.4) is 0 Å². The summed E-state index contributed by atoms with van der Waals surface area (Å²) in [6.45, 7) is 3.92. The fourth-order valence-electron chi connectivity index (χ4n) is 3.26. The Hall–Kier alpha value is -3.30. The molecular weight excluding hydrogens is 412 g/mol. The lowest BCUT2D eigenvalue weighted by atomic mass is 10.2. The molecule has 0 unspecified atom stereocenters. The highest BCUT2D eigenvalue weighted by atomic mass is 32.1. The lowest BCUT2D eigenvalue weighted by Crippen LogP contribution is -2.44. The van der Waals surface area contributed by atoms with Crippen LogP contribution in [0.4, 0.5) is 16.6 Å². The summed E-state index contributed by atoms with van der Waals surface area (Å²) < 4.78 is 0. The highest BCUT2D eigenvalue weighted by Crippen LogP contribution is 2.19. The van der Waals surface area contributed by atoms with E-state index in [2.05, 4.69) is 37.4 Å². The summed E-state index contributed by atoms with van der Waals surface area (Å²) >= 11 is 1.29. The van der Waals surface area contributed by atoms with Gasteiger partial charge in [0.1, 0.15) is 5.82 Å². The predicted octanol–water partition coefficient (Wildman–Crippen LogP) is 2.72. The quantitative estimate of drug-likeness (QED) is 0.618. The Balaban J connectivity index is 1.28. The number of hydrogen-bond donors (Lipinski definition) is 2. The van der Waals surface area contributed by atoms with Crippen LogP contribution in [0.25, 0.3) is 0 Å². The molecule has 0 spiro atoms. The number of anilines is 3. The zero-order valence-corrected chi connectivity index (χ0v) is 18.1. The SMILES string of the molecule is CN1CCN(c2ccc(NC(=O)Cc3csc(NC(=O)c4ccccc4)n3)cn2)CC1. The Bertz CT molecular complexity index is 1030. The van der Waals surface area contributed by atoms with Crippen molar-refractivity contribution in [2.24, 2.45) is 0 Å². The Kier molecular flexibility index (Phi) is 6.54. The maximum Gasteiger partial charge on any atom is 0.257 e. The second kappa shape index (κ2) is 9.67. The van der Waals surface area contributed by atoms with Crippen molar-refractivity contribution in [1.82, 2.24) is 14.9 Å². The minimum absolute atomic E-state index is 0.123. The highest BCUT2D eigenvalue weighted by Gasteiger charge is 2.15. The van der Waals surface area contributed by atoms with Gasteiger partial charge in [-0.25, -0.2) is 9.97 Å². The molecule has 2 aromatic heterocycles. The molecule has 8 nitrogen and oxygen atoms in total. The van der Waals surface area contributed by atoms with Crippen LogP contribution in [0.2, 0.25) is 0 Å². The van der Waals surface area contributed by atoms with Gasteiger partial charge in [-0.2, -0.15) is 0 Å². The predicted molar refractivity (Wildman–Crippen MR) is 123 cm³/mol. The van der Waals surface area contributed by atoms with Gasteiger partial charge in [0.2, 0.25) is 5.91 Å². The molecule has 4 rings (SSSR count). The molecule has 1 saturated heterocycles. The minimum atomic E-state index is -0.225. The molecule has 3 aromatic rings. The van der Waals surface area contributed by atoms with Crippen LogP contribution in [0.1, 0.15) is 16.1 Å². The number of aromatic nitrogens is 2. The average Bonchev–Trinajstić information content (AvgIpc) is 3.22. The molecule has 1 aliphatic heterocycles. The number of hydrogen-bond acceptors (Lipinski definition) is 7. The normalized spacial score (nSPS) is 14.3. The van der Waals surface area contributed by atoms with Gasteiger partial charge in [0.25, 0.3) is 5.91 Å². The molecule has 160 valence electrons. The van der Waals surface area contributed by atoms with Crippen LogP contribution >= 0.6 is 11.3 Å². The molecule has 0 radical (unpaired) electrons. The third kappa shape index (κ3) is 5.65. The van der Waals surface area contributed by atoms with Gasteiger partial charge in [-0.05, 0) is 31.3 Å². The number of carbonyl (C=O) groups excluding carboxylic acids is 2. The summed E-state index contributed by atoms with van der Waals surface area (Å²) in [4.78, 5) is 37.9. The maximum absolute atomic E-state index is 12.4. The molecule has 1 fully saturated rings. The van der Waals surface area contributed by atoms with Crippen LogP contribution in [0.15, 0.2) is 54.0 Å². The fraction of sp³-hybridized carbons (Fsp3) is 0.273. The zero-order valence-electron chi connectivity index (χ0n) is 17.2. The van der Waals surface area contributed by atoms with Gasteiger partial charge < -0.3 is 15.1 Å². The van der Waals surface area contributed by atoms with E-state index < -0.39 is 0 Å². The van der Waals surface area contributed by atoms with Crippen molar-refractivity contribution in [2.75, 3.05) is 48.8 Å². The number of likely N-dealkylation sites (N-methyl/N-ethyl adjacent to an activating group) is 1. The molecule has 9 heteroatoms. The largest absolute Gasteiger partial charge is 0.354 e. The van der Waals surface area contributed by atoms with E-state index in [4.69, 9.17) is 0 Å². The van der Waals surface area contributed by atoms with Gasteiger partial charge in [0.05, 0.1) is 24.0 Å². The van der Waals surface area contributed by atoms with E-state index >= 15 is 0 Å². The molecule has 0 aliphatic carbocycles. The van der Waals surface area contributed by atoms with Crippen LogP contribution in [-0.4, -0.2) is 59.9 Å². The van der Waals surface area contributed by atoms with Crippen LogP contribution in [0, 0.1) is 0 Å². The van der Waals surface area contributed by atoms with E-state index in [0.717, 1.165) is 32.0 Å². The smallest absolute Gasteiger partial charge is 0.257 e. The first-order valence-electron chi connectivity index (χ1n) is 10.1. The highest BCUT2D eigenvalue weighted by molar-refractivity contribution is 7.14. The molecule has 3 heterocycles. The standard InChI is InChI=1S/C22H24N6O2S/c1-27-9-11-28(12-10-27)19-8-7-17(14-23-19)24-20(29)13-18-15-31-22(25-18)26-21(30)16-5-3-2-4-6-16/h2-8,14-15H,9-13H2,1H3,(H,24,29)(H,25,26,30). The summed E-state index contributed by atoms with van der Waals surface area (Å²) in [5.41, 5.74) is 1.81. The Morgan fingerprint density at radius 2 is 1.81 bits per heavy atom. The molecule has 0 saturated carbocycles. The summed E-state index contributed by atoms with van der Waals surface area (Å²) in [6, 6.07) is 12.7. The lowest BCUT2D eigenvalue weighted by Gasteiger charge is -2.33. The second-order valence-electron chi connectivity index (χ2n) is 7.38. The van der Waals surface area contributed by atoms with E-state index in [1.54, 1.807) is 35.8 Å². The Labute approximate surface area is 184 Å². The van der Waals surface area contributed by atoms with E-state index in [1.807, 2.05) is 18.2 Å². The number of thiazole rings is 1. The van der Waals surface area contributed by atoms with Crippen LogP contribution < -0.4 is 15.5 Å². The van der Waals surface area contributed by atoms with Gasteiger partial charge in [-0.15, -0.1) is 11.3 Å². The minimum Gasteiger partial charge on any atom is -0.354 e. The van der Waals surface area contributed by atoms with Crippen molar-refractivity contribution in [3.63, 3.8) is 0 Å². The van der Waals surface area contributed by atoms with Crippen molar-refractivity contribution in [2.45, 2.75) is 6.42 Å². The fourth-order valence-corrected chi connectivity index (χ4v) is 3.96. The molecule has 0 bridgehead atoms. The van der Waals surface area contributed by atoms with Crippen LogP contribution in [-0.2, 0) is 11.2 Å². The van der Waals surface area contributed by atoms with Crippen molar-refractivity contribution in [3.05, 3.63) is 65.3 Å². The number of nitrogens with zero attached hydrogens (tertiary/aromatic N) is 4. The molecular formula is C22H24N6O2S. The molecule has 2 amide bonds. The third-order valence-electron chi connectivity index (χ3n) is 5.01. The van der Waals surface area contributed by atoms with Gasteiger partial charge in [-0.1, -0.05) is 18.2 Å². The topological polar surface area (TPSA) is 90.5 Å². The first-order chi connectivity index (χ1) is 15.1. The van der Waals surface area contributed by atoms with Gasteiger partial charge >= 0.3 is 0 Å². The number of carbonyl (C=O) groups is 2. The first kappa shape index (κ1) is 21.0. The van der Waals surface area contributed by atoms with Crippen molar-refractivity contribution in [1.29, 1.82) is 0 Å². The summed E-state index contributed by atoms with van der Waals surface area (Å²) in [7, 11) is 2.12.